The Kier molecular flexibility index (Phi) is 5.76. The minimum atomic E-state index is 0.685. The maximum atomic E-state index is 4.09. The predicted molar refractivity (Wildman–Crippen MR) is 47.8 cm³/mol. The summed E-state index contributed by atoms with van der Waals surface area (Å²) in [6, 6.07) is 0. The van der Waals surface area contributed by atoms with Crippen LogP contribution in [0.3, 0.4) is 0 Å². The summed E-state index contributed by atoms with van der Waals surface area (Å²) in [7, 11) is 0. The fourth-order valence-corrected chi connectivity index (χ4v) is 1.26. The van der Waals surface area contributed by atoms with Gasteiger partial charge in [-0.1, -0.05) is 47.0 Å². The van der Waals surface area contributed by atoms with Gasteiger partial charge in [0.25, 0.3) is 0 Å². The molecule has 0 fully saturated rings. The van der Waals surface area contributed by atoms with Gasteiger partial charge < -0.3 is 0 Å². The van der Waals surface area contributed by atoms with Crippen LogP contribution in [0.25, 0.3) is 0 Å². The molecule has 0 amide bonds. The molecule has 0 aliphatic carbocycles. The van der Waals surface area contributed by atoms with E-state index in [1.165, 1.54) is 25.7 Å². The smallest absolute Gasteiger partial charge is 0.0414 e. The summed E-state index contributed by atoms with van der Waals surface area (Å²) in [5.41, 5.74) is 0. The van der Waals surface area contributed by atoms with Crippen LogP contribution in [0.1, 0.15) is 46.5 Å². The van der Waals surface area contributed by atoms with Crippen LogP contribution in [0.4, 0.5) is 0 Å². The lowest BCUT2D eigenvalue weighted by Gasteiger charge is -2.15. The van der Waals surface area contributed by atoms with Crippen molar-refractivity contribution < 1.29 is 0 Å². The number of hydrogen-bond acceptors (Lipinski definition) is 0. The van der Waals surface area contributed by atoms with E-state index < -0.39 is 0 Å². The lowest BCUT2D eigenvalue weighted by molar-refractivity contribution is 0.386. The van der Waals surface area contributed by atoms with Gasteiger partial charge in [0.1, 0.15) is 0 Å². The van der Waals surface area contributed by atoms with Crippen LogP contribution in [0.2, 0.25) is 0 Å². The van der Waals surface area contributed by atoms with Crippen LogP contribution in [0, 0.1) is 18.8 Å². The number of hydrogen-bond donors (Lipinski definition) is 0. The molecular weight excluding hydrogens is 120 g/mol. The van der Waals surface area contributed by atoms with E-state index in [0.717, 1.165) is 5.92 Å². The molecule has 0 N–H and O–H groups in total. The molecule has 0 aliphatic rings. The molecule has 1 radical (unpaired) electrons. The summed E-state index contributed by atoms with van der Waals surface area (Å²) >= 11 is 0. The lowest BCUT2D eigenvalue weighted by Crippen LogP contribution is -2.03. The van der Waals surface area contributed by atoms with E-state index in [9.17, 15) is 0 Å². The van der Waals surface area contributed by atoms with Crippen molar-refractivity contribution in [2.75, 3.05) is 0 Å². The van der Waals surface area contributed by atoms with Crippen molar-refractivity contribution in [1.82, 2.24) is 0 Å². The average Bonchev–Trinajstić information content (AvgIpc) is 1.99. The van der Waals surface area contributed by atoms with Crippen LogP contribution in [-0.4, -0.2) is 0 Å². The topological polar surface area (TPSA) is 0 Å². The van der Waals surface area contributed by atoms with E-state index in [1.54, 1.807) is 0 Å². The molecule has 1 atom stereocenters. The van der Waals surface area contributed by atoms with Gasteiger partial charge in [0, 0.05) is 0 Å². The molecule has 0 heterocycles. The Hall–Kier alpha value is 0. The maximum absolute atomic E-state index is 4.09. The molecule has 0 aliphatic heterocycles. The highest BCUT2D eigenvalue weighted by atomic mass is 14.1. The van der Waals surface area contributed by atoms with Gasteiger partial charge in [-0.15, -0.1) is 0 Å². The lowest BCUT2D eigenvalue weighted by atomic mass is 9.90. The van der Waals surface area contributed by atoms with E-state index in [1.807, 2.05) is 0 Å². The second-order valence-corrected chi connectivity index (χ2v) is 3.19. The highest BCUT2D eigenvalue weighted by Crippen LogP contribution is 2.19. The zero-order valence-corrected chi connectivity index (χ0v) is 7.69. The Morgan fingerprint density at radius 3 is 1.80 bits per heavy atom. The van der Waals surface area contributed by atoms with Crippen molar-refractivity contribution in [2.45, 2.75) is 46.5 Å². The van der Waals surface area contributed by atoms with Gasteiger partial charge in [-0.2, -0.15) is 0 Å². The van der Waals surface area contributed by atoms with E-state index >= 15 is 0 Å². The Morgan fingerprint density at radius 2 is 1.50 bits per heavy atom. The van der Waals surface area contributed by atoms with E-state index in [0.29, 0.717) is 5.92 Å². The molecule has 0 nitrogen and oxygen atoms in total. The van der Waals surface area contributed by atoms with Gasteiger partial charge in [-0.3, -0.25) is 0 Å². The highest BCUT2D eigenvalue weighted by molar-refractivity contribution is 4.64. The van der Waals surface area contributed by atoms with Crippen molar-refractivity contribution in [3.8, 4) is 0 Å². The van der Waals surface area contributed by atoms with Crippen molar-refractivity contribution in [3.05, 3.63) is 6.92 Å². The van der Waals surface area contributed by atoms with E-state index in [-0.39, 0.29) is 0 Å². The van der Waals surface area contributed by atoms with Crippen molar-refractivity contribution >= 4 is 0 Å². The monoisotopic (exact) mass is 141 g/mol. The maximum Gasteiger partial charge on any atom is -0.0414 e. The molecule has 0 saturated heterocycles. The van der Waals surface area contributed by atoms with Crippen molar-refractivity contribution in [3.63, 3.8) is 0 Å². The average molecular weight is 141 g/mol. The highest BCUT2D eigenvalue weighted by Gasteiger charge is 2.07. The van der Waals surface area contributed by atoms with Crippen LogP contribution in [0.15, 0.2) is 0 Å². The molecule has 0 bridgehead atoms. The second-order valence-electron chi connectivity index (χ2n) is 3.19. The summed E-state index contributed by atoms with van der Waals surface area (Å²) in [6.07, 6.45) is 5.20. The molecule has 0 saturated carbocycles. The molecule has 61 valence electrons. The zero-order valence-electron chi connectivity index (χ0n) is 7.69. The summed E-state index contributed by atoms with van der Waals surface area (Å²) in [5.74, 6) is 1.60. The fourth-order valence-electron chi connectivity index (χ4n) is 1.26. The van der Waals surface area contributed by atoms with Crippen molar-refractivity contribution in [1.29, 1.82) is 0 Å². The number of rotatable bonds is 5. The van der Waals surface area contributed by atoms with Crippen LogP contribution in [0.5, 0.6) is 0 Å². The van der Waals surface area contributed by atoms with Gasteiger partial charge in [-0.25, -0.2) is 0 Å². The summed E-state index contributed by atoms with van der Waals surface area (Å²) in [6.45, 7) is 10.9. The summed E-state index contributed by atoms with van der Waals surface area (Å²) < 4.78 is 0. The van der Waals surface area contributed by atoms with Gasteiger partial charge in [0.15, 0.2) is 0 Å². The van der Waals surface area contributed by atoms with E-state index in [2.05, 4.69) is 27.7 Å². The third-order valence-corrected chi connectivity index (χ3v) is 2.40. The molecule has 0 spiro atoms. The first-order valence-corrected chi connectivity index (χ1v) is 4.57. The Morgan fingerprint density at radius 1 is 1.00 bits per heavy atom. The largest absolute Gasteiger partial charge is 0.0651 e. The van der Waals surface area contributed by atoms with Gasteiger partial charge >= 0.3 is 0 Å². The third-order valence-electron chi connectivity index (χ3n) is 2.40. The van der Waals surface area contributed by atoms with Crippen LogP contribution >= 0.6 is 0 Å². The van der Waals surface area contributed by atoms with Gasteiger partial charge in [-0.05, 0) is 18.3 Å². The third kappa shape index (κ3) is 3.92. The minimum absolute atomic E-state index is 0.685. The molecule has 10 heavy (non-hydrogen) atoms. The standard InChI is InChI=1S/C10H21/c1-5-9(4)8-10(6-2)7-3/h9-10H,4-8H2,1-3H3. The first-order valence-electron chi connectivity index (χ1n) is 4.57. The second kappa shape index (κ2) is 5.76. The van der Waals surface area contributed by atoms with Gasteiger partial charge in [0.2, 0.25) is 0 Å². The Labute approximate surface area is 66.0 Å². The summed E-state index contributed by atoms with van der Waals surface area (Å²) in [4.78, 5) is 0. The van der Waals surface area contributed by atoms with E-state index in [4.69, 9.17) is 0 Å². The molecule has 1 unspecified atom stereocenters. The van der Waals surface area contributed by atoms with Crippen LogP contribution < -0.4 is 0 Å². The SMILES string of the molecule is [CH2]C(CC)CC(CC)CC. The Balaban J connectivity index is 3.41. The molecule has 0 heteroatoms. The zero-order chi connectivity index (χ0) is 7.98. The normalized spacial score (nSPS) is 14.1. The fraction of sp³-hybridized carbons (Fsp3) is 0.900. The summed E-state index contributed by atoms with van der Waals surface area (Å²) in [5, 5.41) is 0. The molecule has 0 aromatic heterocycles. The predicted octanol–water partition coefficient (Wildman–Crippen LogP) is 3.67. The van der Waals surface area contributed by atoms with Crippen LogP contribution in [-0.2, 0) is 0 Å². The quantitative estimate of drug-likeness (QED) is 0.548. The molecule has 0 aromatic carbocycles. The molecule has 0 rings (SSSR count). The Bertz CT molecular complexity index is 62.4. The first-order chi connectivity index (χ1) is 4.74. The first kappa shape index (κ1) is 10.0. The minimum Gasteiger partial charge on any atom is -0.0651 e. The molecular formula is C10H21. The van der Waals surface area contributed by atoms with Gasteiger partial charge in [0.05, 0.1) is 0 Å². The van der Waals surface area contributed by atoms with Crippen molar-refractivity contribution in [2.24, 2.45) is 11.8 Å². The molecule has 0 aromatic rings.